The van der Waals surface area contributed by atoms with Gasteiger partial charge in [0.1, 0.15) is 5.75 Å². The molecule has 0 aliphatic carbocycles. The van der Waals surface area contributed by atoms with Gasteiger partial charge in [-0.05, 0) is 40.5 Å². The summed E-state index contributed by atoms with van der Waals surface area (Å²) >= 11 is 3.35. The summed E-state index contributed by atoms with van der Waals surface area (Å²) < 4.78 is 6.01. The number of rotatable bonds is 3. The van der Waals surface area contributed by atoms with Crippen LogP contribution >= 0.6 is 15.9 Å². The molecule has 1 unspecified atom stereocenters. The van der Waals surface area contributed by atoms with Crippen molar-refractivity contribution in [2.45, 2.75) is 19.1 Å². The second kappa shape index (κ2) is 4.77. The van der Waals surface area contributed by atoms with Gasteiger partial charge in [0.25, 0.3) is 0 Å². The monoisotopic (exact) mass is 259 g/mol. The zero-order valence-corrected chi connectivity index (χ0v) is 9.78. The van der Waals surface area contributed by atoms with Gasteiger partial charge < -0.3 is 15.6 Å². The Morgan fingerprint density at radius 1 is 1.50 bits per heavy atom. The van der Waals surface area contributed by atoms with Gasteiger partial charge in [0.2, 0.25) is 0 Å². The van der Waals surface area contributed by atoms with Gasteiger partial charge in [-0.3, -0.25) is 0 Å². The molecule has 0 aliphatic rings. The molecule has 1 aromatic carbocycles. The Morgan fingerprint density at radius 3 is 2.64 bits per heavy atom. The molecule has 0 aliphatic heterocycles. The van der Waals surface area contributed by atoms with E-state index in [9.17, 15) is 5.11 Å². The van der Waals surface area contributed by atoms with Crippen LogP contribution in [0.3, 0.4) is 0 Å². The Bertz CT molecular complexity index is 315. The molecule has 0 bridgehead atoms. The van der Waals surface area contributed by atoms with E-state index in [0.29, 0.717) is 0 Å². The molecule has 0 saturated heterocycles. The van der Waals surface area contributed by atoms with Crippen LogP contribution < -0.4 is 10.5 Å². The van der Waals surface area contributed by atoms with Crippen LogP contribution in [0.5, 0.6) is 5.75 Å². The van der Waals surface area contributed by atoms with Gasteiger partial charge >= 0.3 is 0 Å². The van der Waals surface area contributed by atoms with Crippen LogP contribution in [0.15, 0.2) is 22.7 Å². The van der Waals surface area contributed by atoms with Gasteiger partial charge in [-0.25, -0.2) is 0 Å². The Hall–Kier alpha value is -0.580. The van der Waals surface area contributed by atoms with E-state index in [4.69, 9.17) is 10.5 Å². The maximum Gasteiger partial charge on any atom is 0.133 e. The molecule has 0 amide bonds. The van der Waals surface area contributed by atoms with Gasteiger partial charge in [-0.2, -0.15) is 0 Å². The van der Waals surface area contributed by atoms with Gasteiger partial charge in [-0.1, -0.05) is 6.07 Å². The number of ether oxygens (including phenoxy) is 1. The lowest BCUT2D eigenvalue weighted by Gasteiger charge is -2.16. The molecule has 0 fully saturated rings. The summed E-state index contributed by atoms with van der Waals surface area (Å²) in [4.78, 5) is 0. The highest BCUT2D eigenvalue weighted by molar-refractivity contribution is 9.10. The van der Waals surface area contributed by atoms with E-state index in [2.05, 4.69) is 15.9 Å². The molecule has 78 valence electrons. The standard InChI is InChI=1S/C10H14BrNO2/c1-6(13)10(12)7-3-4-8(11)9(5-7)14-2/h3-6,10,13H,12H2,1-2H3/t6?,10-/m0/s1. The lowest BCUT2D eigenvalue weighted by molar-refractivity contribution is 0.164. The minimum atomic E-state index is -0.569. The van der Waals surface area contributed by atoms with Gasteiger partial charge in [-0.15, -0.1) is 0 Å². The van der Waals surface area contributed by atoms with Crippen LogP contribution in [0.1, 0.15) is 18.5 Å². The number of hydrogen-bond acceptors (Lipinski definition) is 3. The van der Waals surface area contributed by atoms with Crippen LogP contribution in [-0.2, 0) is 0 Å². The molecule has 3 nitrogen and oxygen atoms in total. The molecule has 0 aromatic heterocycles. The third kappa shape index (κ3) is 2.47. The highest BCUT2D eigenvalue weighted by Gasteiger charge is 2.13. The molecule has 0 radical (unpaired) electrons. The Balaban J connectivity index is 3.00. The number of hydrogen-bond donors (Lipinski definition) is 2. The van der Waals surface area contributed by atoms with Crippen molar-refractivity contribution >= 4 is 15.9 Å². The fraction of sp³-hybridized carbons (Fsp3) is 0.400. The fourth-order valence-corrected chi connectivity index (χ4v) is 1.57. The lowest BCUT2D eigenvalue weighted by Crippen LogP contribution is -2.23. The van der Waals surface area contributed by atoms with Crippen molar-refractivity contribution in [1.29, 1.82) is 0 Å². The van der Waals surface area contributed by atoms with E-state index in [-0.39, 0.29) is 6.04 Å². The maximum absolute atomic E-state index is 9.33. The summed E-state index contributed by atoms with van der Waals surface area (Å²) in [6.45, 7) is 1.67. The third-order valence-corrected chi connectivity index (χ3v) is 2.73. The first-order chi connectivity index (χ1) is 6.56. The van der Waals surface area contributed by atoms with Gasteiger partial charge in [0.05, 0.1) is 23.7 Å². The molecular formula is C10H14BrNO2. The Kier molecular flexibility index (Phi) is 3.92. The average molecular weight is 260 g/mol. The smallest absolute Gasteiger partial charge is 0.133 e. The molecule has 4 heteroatoms. The molecule has 0 saturated carbocycles. The van der Waals surface area contributed by atoms with E-state index in [1.54, 1.807) is 14.0 Å². The van der Waals surface area contributed by atoms with E-state index in [0.717, 1.165) is 15.8 Å². The van der Waals surface area contributed by atoms with Crippen molar-refractivity contribution < 1.29 is 9.84 Å². The van der Waals surface area contributed by atoms with Crippen molar-refractivity contribution in [2.75, 3.05) is 7.11 Å². The van der Waals surface area contributed by atoms with Gasteiger partial charge in [0.15, 0.2) is 0 Å². The number of nitrogens with two attached hydrogens (primary N) is 1. The quantitative estimate of drug-likeness (QED) is 0.871. The predicted octanol–water partition coefficient (Wildman–Crippen LogP) is 1.84. The molecule has 1 rings (SSSR count). The van der Waals surface area contributed by atoms with Crippen LogP contribution in [0.4, 0.5) is 0 Å². The summed E-state index contributed by atoms with van der Waals surface area (Å²) in [6.07, 6.45) is -0.569. The zero-order valence-electron chi connectivity index (χ0n) is 8.20. The number of aliphatic hydroxyl groups is 1. The highest BCUT2D eigenvalue weighted by atomic mass is 79.9. The molecule has 2 atom stereocenters. The second-order valence-electron chi connectivity index (χ2n) is 3.16. The number of aliphatic hydroxyl groups excluding tert-OH is 1. The summed E-state index contributed by atoms with van der Waals surface area (Å²) in [6, 6.07) is 5.17. The Morgan fingerprint density at radius 2 is 2.14 bits per heavy atom. The molecule has 1 aromatic rings. The first-order valence-electron chi connectivity index (χ1n) is 4.33. The number of methoxy groups -OCH3 is 1. The maximum atomic E-state index is 9.33. The highest BCUT2D eigenvalue weighted by Crippen LogP contribution is 2.28. The van der Waals surface area contributed by atoms with Crippen LogP contribution in [-0.4, -0.2) is 18.3 Å². The van der Waals surface area contributed by atoms with Crippen molar-refractivity contribution in [3.63, 3.8) is 0 Å². The van der Waals surface area contributed by atoms with E-state index >= 15 is 0 Å². The first kappa shape index (κ1) is 11.5. The summed E-state index contributed by atoms with van der Waals surface area (Å²) in [7, 11) is 1.60. The second-order valence-corrected chi connectivity index (χ2v) is 4.01. The molecule has 3 N–H and O–H groups in total. The van der Waals surface area contributed by atoms with Crippen molar-refractivity contribution in [3.05, 3.63) is 28.2 Å². The van der Waals surface area contributed by atoms with E-state index < -0.39 is 6.10 Å². The van der Waals surface area contributed by atoms with Gasteiger partial charge in [0, 0.05) is 0 Å². The molecule has 0 spiro atoms. The third-order valence-electron chi connectivity index (χ3n) is 2.08. The molecule has 14 heavy (non-hydrogen) atoms. The van der Waals surface area contributed by atoms with E-state index in [1.165, 1.54) is 0 Å². The van der Waals surface area contributed by atoms with Crippen LogP contribution in [0.2, 0.25) is 0 Å². The summed E-state index contributed by atoms with van der Waals surface area (Å²) in [5.41, 5.74) is 6.65. The molecular weight excluding hydrogens is 246 g/mol. The van der Waals surface area contributed by atoms with Crippen LogP contribution in [0.25, 0.3) is 0 Å². The van der Waals surface area contributed by atoms with Crippen LogP contribution in [0, 0.1) is 0 Å². The lowest BCUT2D eigenvalue weighted by atomic mass is 10.0. The zero-order chi connectivity index (χ0) is 10.7. The number of halogens is 1. The largest absolute Gasteiger partial charge is 0.496 e. The minimum absolute atomic E-state index is 0.378. The molecule has 0 heterocycles. The SMILES string of the molecule is COc1cc([C@@H](N)C(C)O)ccc1Br. The van der Waals surface area contributed by atoms with Crippen molar-refractivity contribution in [2.24, 2.45) is 5.73 Å². The Labute approximate surface area is 92.0 Å². The predicted molar refractivity (Wildman–Crippen MR) is 59.3 cm³/mol. The summed E-state index contributed by atoms with van der Waals surface area (Å²) in [5, 5.41) is 9.33. The summed E-state index contributed by atoms with van der Waals surface area (Å²) in [5.74, 6) is 0.721. The van der Waals surface area contributed by atoms with Crippen molar-refractivity contribution in [3.8, 4) is 5.75 Å². The van der Waals surface area contributed by atoms with E-state index in [1.807, 2.05) is 18.2 Å². The van der Waals surface area contributed by atoms with Crippen molar-refractivity contribution in [1.82, 2.24) is 0 Å². The first-order valence-corrected chi connectivity index (χ1v) is 5.12. The minimum Gasteiger partial charge on any atom is -0.496 e. The fourth-order valence-electron chi connectivity index (χ4n) is 1.16. The number of benzene rings is 1. The topological polar surface area (TPSA) is 55.5 Å². The average Bonchev–Trinajstić information content (AvgIpc) is 2.17. The normalized spacial score (nSPS) is 14.9.